The van der Waals surface area contributed by atoms with Crippen LogP contribution in [0.2, 0.25) is 0 Å². The Hall–Kier alpha value is -2.64. The molecule has 2 heterocycles. The molecule has 0 bridgehead atoms. The van der Waals surface area contributed by atoms with Crippen LogP contribution in [0.25, 0.3) is 11.4 Å². The van der Waals surface area contributed by atoms with Gasteiger partial charge in [-0.25, -0.2) is 4.68 Å². The molecule has 3 aromatic rings. The van der Waals surface area contributed by atoms with Crippen LogP contribution in [0.4, 0.5) is 5.69 Å². The molecule has 4 rings (SSSR count). The fraction of sp³-hybridized carbons (Fsp3) is 0.364. The predicted molar refractivity (Wildman–Crippen MR) is 119 cm³/mol. The molecule has 1 aliphatic rings. The van der Waals surface area contributed by atoms with Crippen molar-refractivity contribution in [1.82, 2.24) is 19.2 Å². The van der Waals surface area contributed by atoms with Crippen LogP contribution in [-0.4, -0.2) is 52.5 Å². The van der Waals surface area contributed by atoms with Crippen molar-refractivity contribution in [2.45, 2.75) is 20.1 Å². The molecule has 6 nitrogen and oxygen atoms in total. The standard InChI is InChI=1S/C22H27N5OS/c1-3-26-21(18-9-11-20(28-2)12-10-18)23-27(22(26)29)17-24-13-15-25(16-14-24)19-7-5-4-6-8-19/h4-12H,3,13-17H2,1-2H3. The van der Waals surface area contributed by atoms with Crippen molar-refractivity contribution in [3.8, 4) is 17.1 Å². The van der Waals surface area contributed by atoms with Gasteiger partial charge in [-0.3, -0.25) is 4.90 Å². The highest BCUT2D eigenvalue weighted by Gasteiger charge is 2.19. The van der Waals surface area contributed by atoms with Crippen LogP contribution in [0.5, 0.6) is 5.75 Å². The van der Waals surface area contributed by atoms with Crippen molar-refractivity contribution in [2.75, 3.05) is 38.2 Å². The molecule has 1 aliphatic heterocycles. The molecule has 0 amide bonds. The lowest BCUT2D eigenvalue weighted by Crippen LogP contribution is -2.47. The summed E-state index contributed by atoms with van der Waals surface area (Å²) in [6.45, 7) is 7.63. The Balaban J connectivity index is 1.48. The zero-order valence-electron chi connectivity index (χ0n) is 17.0. The van der Waals surface area contributed by atoms with Crippen LogP contribution >= 0.6 is 12.2 Å². The lowest BCUT2D eigenvalue weighted by atomic mass is 10.2. The van der Waals surface area contributed by atoms with Gasteiger partial charge in [-0.1, -0.05) is 18.2 Å². The SMILES string of the molecule is CCn1c(-c2ccc(OC)cc2)nn(CN2CCN(c3ccccc3)CC2)c1=S. The molecule has 0 unspecified atom stereocenters. The van der Waals surface area contributed by atoms with Crippen molar-refractivity contribution in [2.24, 2.45) is 0 Å². The largest absolute Gasteiger partial charge is 0.497 e. The number of hydrogen-bond acceptors (Lipinski definition) is 5. The Labute approximate surface area is 176 Å². The molecule has 0 saturated carbocycles. The van der Waals surface area contributed by atoms with E-state index >= 15 is 0 Å². The van der Waals surface area contributed by atoms with E-state index in [1.165, 1.54) is 5.69 Å². The smallest absolute Gasteiger partial charge is 0.199 e. The summed E-state index contributed by atoms with van der Waals surface area (Å²) in [5.74, 6) is 1.74. The number of para-hydroxylation sites is 1. The van der Waals surface area contributed by atoms with E-state index in [0.717, 1.165) is 61.3 Å². The van der Waals surface area contributed by atoms with Crippen LogP contribution in [0, 0.1) is 4.77 Å². The van der Waals surface area contributed by atoms with Gasteiger partial charge in [0.1, 0.15) is 5.75 Å². The minimum Gasteiger partial charge on any atom is -0.497 e. The Morgan fingerprint density at radius 1 is 0.966 bits per heavy atom. The fourth-order valence-corrected chi connectivity index (χ4v) is 4.06. The quantitative estimate of drug-likeness (QED) is 0.578. The minimum atomic E-state index is 0.720. The third-order valence-electron chi connectivity index (χ3n) is 5.41. The highest BCUT2D eigenvalue weighted by atomic mass is 32.1. The number of methoxy groups -OCH3 is 1. The van der Waals surface area contributed by atoms with Gasteiger partial charge in [-0.05, 0) is 55.5 Å². The number of hydrogen-bond donors (Lipinski definition) is 0. The van der Waals surface area contributed by atoms with Gasteiger partial charge in [0.05, 0.1) is 13.8 Å². The van der Waals surface area contributed by atoms with Crippen molar-refractivity contribution in [3.63, 3.8) is 0 Å². The highest BCUT2D eigenvalue weighted by Crippen LogP contribution is 2.22. The van der Waals surface area contributed by atoms with Crippen molar-refractivity contribution >= 4 is 17.9 Å². The van der Waals surface area contributed by atoms with Gasteiger partial charge < -0.3 is 14.2 Å². The molecule has 1 fully saturated rings. The first-order valence-electron chi connectivity index (χ1n) is 10.0. The maximum Gasteiger partial charge on any atom is 0.199 e. The average Bonchev–Trinajstić information content (AvgIpc) is 3.10. The number of nitrogens with zero attached hydrogens (tertiary/aromatic N) is 5. The predicted octanol–water partition coefficient (Wildman–Crippen LogP) is 3.89. The summed E-state index contributed by atoms with van der Waals surface area (Å²) in [6.07, 6.45) is 0. The second kappa shape index (κ2) is 8.80. The average molecular weight is 410 g/mol. The highest BCUT2D eigenvalue weighted by molar-refractivity contribution is 7.71. The topological polar surface area (TPSA) is 38.5 Å². The van der Waals surface area contributed by atoms with Gasteiger partial charge in [0.15, 0.2) is 10.6 Å². The van der Waals surface area contributed by atoms with E-state index in [0.29, 0.717) is 0 Å². The van der Waals surface area contributed by atoms with Crippen LogP contribution in [0.1, 0.15) is 6.92 Å². The lowest BCUT2D eigenvalue weighted by Gasteiger charge is -2.35. The second-order valence-corrected chi connectivity index (χ2v) is 7.53. The maximum absolute atomic E-state index is 5.73. The monoisotopic (exact) mass is 409 g/mol. The molecular weight excluding hydrogens is 382 g/mol. The minimum absolute atomic E-state index is 0.720. The van der Waals surface area contributed by atoms with E-state index in [2.05, 4.69) is 51.6 Å². The second-order valence-electron chi connectivity index (χ2n) is 7.16. The van der Waals surface area contributed by atoms with E-state index in [1.807, 2.05) is 28.9 Å². The molecule has 0 radical (unpaired) electrons. The summed E-state index contributed by atoms with van der Waals surface area (Å²) in [5, 5.41) is 4.86. The Bertz CT molecular complexity index is 988. The lowest BCUT2D eigenvalue weighted by molar-refractivity contribution is 0.194. The third kappa shape index (κ3) is 4.21. The molecule has 29 heavy (non-hydrogen) atoms. The van der Waals surface area contributed by atoms with Gasteiger partial charge in [0, 0.05) is 44.0 Å². The summed E-state index contributed by atoms with van der Waals surface area (Å²) in [5.41, 5.74) is 2.34. The summed E-state index contributed by atoms with van der Waals surface area (Å²) >= 11 is 5.73. The first-order chi connectivity index (χ1) is 14.2. The summed E-state index contributed by atoms with van der Waals surface area (Å²) in [7, 11) is 1.68. The van der Waals surface area contributed by atoms with Gasteiger partial charge in [0.2, 0.25) is 0 Å². The Kier molecular flexibility index (Phi) is 5.97. The molecule has 7 heteroatoms. The van der Waals surface area contributed by atoms with Crippen LogP contribution in [0.3, 0.4) is 0 Å². The molecule has 152 valence electrons. The van der Waals surface area contributed by atoms with E-state index in [4.69, 9.17) is 22.1 Å². The van der Waals surface area contributed by atoms with E-state index < -0.39 is 0 Å². The number of ether oxygens (including phenoxy) is 1. The summed E-state index contributed by atoms with van der Waals surface area (Å²) < 4.78 is 10.1. The number of piperazine rings is 1. The Morgan fingerprint density at radius 3 is 2.28 bits per heavy atom. The van der Waals surface area contributed by atoms with Gasteiger partial charge in [-0.15, -0.1) is 0 Å². The molecule has 0 N–H and O–H groups in total. The van der Waals surface area contributed by atoms with Crippen LogP contribution in [0.15, 0.2) is 54.6 Å². The molecule has 1 aromatic heterocycles. The van der Waals surface area contributed by atoms with E-state index in [9.17, 15) is 0 Å². The molecule has 0 spiro atoms. The van der Waals surface area contributed by atoms with Gasteiger partial charge in [0.25, 0.3) is 0 Å². The fourth-order valence-electron chi connectivity index (χ4n) is 3.75. The third-order valence-corrected chi connectivity index (χ3v) is 5.85. The molecule has 0 aliphatic carbocycles. The first-order valence-corrected chi connectivity index (χ1v) is 10.4. The Morgan fingerprint density at radius 2 is 1.66 bits per heavy atom. The number of benzene rings is 2. The number of anilines is 1. The normalized spacial score (nSPS) is 14.9. The van der Waals surface area contributed by atoms with E-state index in [1.54, 1.807) is 7.11 Å². The zero-order chi connectivity index (χ0) is 20.2. The van der Waals surface area contributed by atoms with Crippen LogP contribution < -0.4 is 9.64 Å². The van der Waals surface area contributed by atoms with E-state index in [-0.39, 0.29) is 0 Å². The zero-order valence-corrected chi connectivity index (χ0v) is 17.8. The summed E-state index contributed by atoms with van der Waals surface area (Å²) in [6, 6.07) is 18.6. The number of rotatable bonds is 6. The molecule has 0 atom stereocenters. The van der Waals surface area contributed by atoms with Gasteiger partial charge in [-0.2, -0.15) is 5.10 Å². The molecule has 1 saturated heterocycles. The van der Waals surface area contributed by atoms with Crippen molar-refractivity contribution < 1.29 is 4.74 Å². The van der Waals surface area contributed by atoms with Crippen molar-refractivity contribution in [3.05, 3.63) is 59.4 Å². The molecule has 2 aromatic carbocycles. The van der Waals surface area contributed by atoms with Gasteiger partial charge >= 0.3 is 0 Å². The number of aromatic nitrogens is 3. The maximum atomic E-state index is 5.73. The van der Waals surface area contributed by atoms with Crippen molar-refractivity contribution in [1.29, 1.82) is 0 Å². The summed E-state index contributed by atoms with van der Waals surface area (Å²) in [4.78, 5) is 4.85. The molecular formula is C22H27N5OS. The van der Waals surface area contributed by atoms with Crippen LogP contribution in [-0.2, 0) is 13.2 Å². The first kappa shape index (κ1) is 19.7.